The molecule has 0 spiro atoms. The van der Waals surface area contributed by atoms with Gasteiger partial charge in [0.1, 0.15) is 12.2 Å². The molecule has 0 aliphatic carbocycles. The highest BCUT2D eigenvalue weighted by molar-refractivity contribution is 5.43. The van der Waals surface area contributed by atoms with Gasteiger partial charge in [0.15, 0.2) is 0 Å². The Kier molecular flexibility index (Phi) is 3.08. The quantitative estimate of drug-likeness (QED) is 0.508. The highest BCUT2D eigenvalue weighted by atomic mass is 15.4. The van der Waals surface area contributed by atoms with Crippen molar-refractivity contribution >= 4 is 5.69 Å². The van der Waals surface area contributed by atoms with Gasteiger partial charge >= 0.3 is 0 Å². The van der Waals surface area contributed by atoms with Gasteiger partial charge < -0.3 is 0 Å². The first kappa shape index (κ1) is 10.3. The van der Waals surface area contributed by atoms with Crippen molar-refractivity contribution in [3.05, 3.63) is 30.3 Å². The van der Waals surface area contributed by atoms with E-state index in [2.05, 4.69) is 36.3 Å². The lowest BCUT2D eigenvalue weighted by atomic mass is 10.1. The number of quaternary nitrogens is 1. The molecule has 0 aromatic heterocycles. The maximum absolute atomic E-state index is 5.52. The molecule has 1 fully saturated rings. The largest absolute Gasteiger partial charge is 0.281 e. The first-order chi connectivity index (χ1) is 7.37. The monoisotopic (exact) mass is 200 g/mol. The van der Waals surface area contributed by atoms with Crippen LogP contribution in [-0.4, -0.2) is 19.6 Å². The number of terminal acetylenes is 1. The molecule has 0 N–H and O–H groups in total. The van der Waals surface area contributed by atoms with Crippen LogP contribution < -0.4 is 4.48 Å². The molecular weight excluding hydrogens is 182 g/mol. The molecule has 1 aliphatic heterocycles. The minimum atomic E-state index is 0.837. The van der Waals surface area contributed by atoms with E-state index in [0.29, 0.717) is 0 Å². The summed E-state index contributed by atoms with van der Waals surface area (Å²) in [5.41, 5.74) is 1.38. The van der Waals surface area contributed by atoms with Gasteiger partial charge in [-0.05, 0) is 37.3 Å². The summed E-state index contributed by atoms with van der Waals surface area (Å²) in [5.74, 6) is 2.85. The molecule has 0 amide bonds. The smallest absolute Gasteiger partial charge is 0.145 e. The van der Waals surface area contributed by atoms with Crippen LogP contribution in [0.3, 0.4) is 0 Å². The average Bonchev–Trinajstić information content (AvgIpc) is 2.32. The Bertz CT molecular complexity index is 341. The molecule has 15 heavy (non-hydrogen) atoms. The number of piperidine rings is 1. The molecule has 78 valence electrons. The number of likely N-dealkylation sites (tertiary alicyclic amines) is 1. The summed E-state index contributed by atoms with van der Waals surface area (Å²) in [6.07, 6.45) is 9.48. The minimum Gasteiger partial charge on any atom is -0.281 e. The van der Waals surface area contributed by atoms with Crippen LogP contribution in [0.5, 0.6) is 0 Å². The molecule has 0 atom stereocenters. The number of para-hydroxylation sites is 1. The first-order valence-corrected chi connectivity index (χ1v) is 5.73. The van der Waals surface area contributed by atoms with E-state index in [-0.39, 0.29) is 0 Å². The maximum Gasteiger partial charge on any atom is 0.145 e. The van der Waals surface area contributed by atoms with E-state index in [1.807, 2.05) is 0 Å². The second kappa shape index (κ2) is 4.51. The molecule has 1 nitrogen and oxygen atoms in total. The molecule has 0 saturated carbocycles. The van der Waals surface area contributed by atoms with E-state index in [9.17, 15) is 0 Å². The molecular formula is C14H18N+. The van der Waals surface area contributed by atoms with E-state index >= 15 is 0 Å². The van der Waals surface area contributed by atoms with E-state index in [4.69, 9.17) is 6.42 Å². The highest BCUT2D eigenvalue weighted by Gasteiger charge is 2.31. The summed E-state index contributed by atoms with van der Waals surface area (Å²) in [7, 11) is 0. The van der Waals surface area contributed by atoms with Crippen molar-refractivity contribution in [1.29, 1.82) is 0 Å². The molecule has 1 saturated heterocycles. The first-order valence-electron chi connectivity index (χ1n) is 5.73. The van der Waals surface area contributed by atoms with Crippen molar-refractivity contribution < 1.29 is 0 Å². The van der Waals surface area contributed by atoms with Crippen molar-refractivity contribution in [1.82, 2.24) is 4.48 Å². The fourth-order valence-electron chi connectivity index (χ4n) is 2.54. The van der Waals surface area contributed by atoms with Crippen LogP contribution in [0.2, 0.25) is 0 Å². The van der Waals surface area contributed by atoms with Crippen molar-refractivity contribution in [2.24, 2.45) is 0 Å². The Hall–Kier alpha value is -1.26. The van der Waals surface area contributed by atoms with Gasteiger partial charge in [0, 0.05) is 0 Å². The SMILES string of the molecule is C#CC[N+]1(c2ccccc2)CCCCC1. The third-order valence-electron chi connectivity index (χ3n) is 3.37. The molecule has 1 aromatic rings. The Labute approximate surface area is 92.3 Å². The standard InChI is InChI=1S/C14H18N/c1-2-11-15(12-7-4-8-13-15)14-9-5-3-6-10-14/h1,3,5-6,9-10H,4,7-8,11-13H2/q+1. The third-order valence-corrected chi connectivity index (χ3v) is 3.37. The average molecular weight is 200 g/mol. The third kappa shape index (κ3) is 2.06. The fourth-order valence-corrected chi connectivity index (χ4v) is 2.54. The zero-order valence-corrected chi connectivity index (χ0v) is 9.15. The predicted molar refractivity (Wildman–Crippen MR) is 65.5 cm³/mol. The molecule has 1 heteroatoms. The van der Waals surface area contributed by atoms with Gasteiger partial charge in [0.2, 0.25) is 0 Å². The Morgan fingerprint density at radius 2 is 1.73 bits per heavy atom. The van der Waals surface area contributed by atoms with E-state index in [1.54, 1.807) is 0 Å². The van der Waals surface area contributed by atoms with Crippen molar-refractivity contribution in [2.45, 2.75) is 19.3 Å². The van der Waals surface area contributed by atoms with Crippen molar-refractivity contribution in [3.63, 3.8) is 0 Å². The minimum absolute atomic E-state index is 0.837. The number of hydrogen-bond acceptors (Lipinski definition) is 0. The van der Waals surface area contributed by atoms with E-state index in [0.717, 1.165) is 11.0 Å². The van der Waals surface area contributed by atoms with E-state index < -0.39 is 0 Å². The van der Waals surface area contributed by atoms with Crippen LogP contribution in [0.1, 0.15) is 19.3 Å². The number of hydrogen-bond donors (Lipinski definition) is 0. The van der Waals surface area contributed by atoms with Crippen LogP contribution >= 0.6 is 0 Å². The Balaban J connectivity index is 2.30. The summed E-state index contributed by atoms with van der Waals surface area (Å²) in [5, 5.41) is 0. The number of benzene rings is 1. The predicted octanol–water partition coefficient (Wildman–Crippen LogP) is 2.81. The molecule has 1 aromatic carbocycles. The van der Waals surface area contributed by atoms with Crippen molar-refractivity contribution in [2.75, 3.05) is 19.6 Å². The summed E-state index contributed by atoms with van der Waals surface area (Å²) in [6.45, 7) is 3.24. The molecule has 2 rings (SSSR count). The summed E-state index contributed by atoms with van der Waals surface area (Å²) >= 11 is 0. The molecule has 1 aliphatic rings. The Morgan fingerprint density at radius 1 is 1.07 bits per heavy atom. The lowest BCUT2D eigenvalue weighted by molar-refractivity contribution is 0.254. The molecule has 0 bridgehead atoms. The number of nitrogens with zero attached hydrogens (tertiary/aromatic N) is 1. The summed E-state index contributed by atoms with van der Waals surface area (Å²) in [6, 6.07) is 10.7. The fraction of sp³-hybridized carbons (Fsp3) is 0.429. The molecule has 1 heterocycles. The van der Waals surface area contributed by atoms with Crippen LogP contribution in [0.4, 0.5) is 5.69 Å². The second-order valence-corrected chi connectivity index (χ2v) is 4.35. The molecule has 0 radical (unpaired) electrons. The number of rotatable bonds is 2. The van der Waals surface area contributed by atoms with E-state index in [1.165, 1.54) is 38.0 Å². The normalized spacial score (nSPS) is 19.4. The van der Waals surface area contributed by atoms with Gasteiger partial charge in [-0.25, -0.2) is 0 Å². The van der Waals surface area contributed by atoms with Gasteiger partial charge in [-0.15, -0.1) is 6.42 Å². The van der Waals surface area contributed by atoms with Crippen LogP contribution in [0, 0.1) is 12.3 Å². The zero-order chi connectivity index (χ0) is 10.6. The van der Waals surface area contributed by atoms with Gasteiger partial charge in [-0.2, -0.15) is 0 Å². The zero-order valence-electron chi connectivity index (χ0n) is 9.15. The second-order valence-electron chi connectivity index (χ2n) is 4.35. The van der Waals surface area contributed by atoms with Crippen molar-refractivity contribution in [3.8, 4) is 12.3 Å². The van der Waals surface area contributed by atoms with Crippen LogP contribution in [0.15, 0.2) is 30.3 Å². The van der Waals surface area contributed by atoms with Gasteiger partial charge in [0.25, 0.3) is 0 Å². The topological polar surface area (TPSA) is 0 Å². The molecule has 0 unspecified atom stereocenters. The van der Waals surface area contributed by atoms with Gasteiger partial charge in [0.05, 0.1) is 13.1 Å². The van der Waals surface area contributed by atoms with Gasteiger partial charge in [-0.1, -0.05) is 18.2 Å². The lowest BCUT2D eigenvalue weighted by Gasteiger charge is -2.39. The summed E-state index contributed by atoms with van der Waals surface area (Å²) < 4.78 is 0.997. The summed E-state index contributed by atoms with van der Waals surface area (Å²) in [4.78, 5) is 0. The van der Waals surface area contributed by atoms with Crippen LogP contribution in [-0.2, 0) is 0 Å². The Morgan fingerprint density at radius 3 is 2.33 bits per heavy atom. The van der Waals surface area contributed by atoms with Gasteiger partial charge in [-0.3, -0.25) is 4.48 Å². The van der Waals surface area contributed by atoms with Crippen LogP contribution in [0.25, 0.3) is 0 Å². The lowest BCUT2D eigenvalue weighted by Crippen LogP contribution is -2.53. The highest BCUT2D eigenvalue weighted by Crippen LogP contribution is 2.27. The maximum atomic E-state index is 5.52.